The van der Waals surface area contributed by atoms with Crippen LogP contribution in [0, 0.1) is 48.5 Å². The Morgan fingerprint density at radius 3 is 1.21 bits per heavy atom. The Labute approximate surface area is 408 Å². The second kappa shape index (κ2) is 14.0. The van der Waals surface area contributed by atoms with Crippen LogP contribution >= 0.6 is 0 Å². The number of hydrogen-bond acceptors (Lipinski definition) is 6. The molecule has 6 aliphatic rings. The van der Waals surface area contributed by atoms with E-state index in [1.54, 1.807) is 0 Å². The van der Waals surface area contributed by atoms with E-state index >= 15 is 0 Å². The van der Waals surface area contributed by atoms with Crippen molar-refractivity contribution in [1.82, 2.24) is 0 Å². The van der Waals surface area contributed by atoms with Gasteiger partial charge in [-0.2, -0.15) is 0 Å². The summed E-state index contributed by atoms with van der Waals surface area (Å²) < 4.78 is 34.9. The van der Waals surface area contributed by atoms with Gasteiger partial charge in [-0.1, -0.05) is 83.9 Å². The molecule has 15 rings (SSSR count). The third-order valence-electron chi connectivity index (χ3n) is 15.7. The number of anilines is 2. The Kier molecular flexibility index (Phi) is 8.01. The molecule has 0 amide bonds. The third-order valence-corrected chi connectivity index (χ3v) is 15.7. The summed E-state index contributed by atoms with van der Waals surface area (Å²) in [4.78, 5) is 0. The molecule has 0 bridgehead atoms. The van der Waals surface area contributed by atoms with E-state index in [9.17, 15) is 0 Å². The van der Waals surface area contributed by atoms with Crippen LogP contribution in [0.2, 0.25) is 0 Å². The van der Waals surface area contributed by atoms with E-state index < -0.39 is 0 Å². The average Bonchev–Trinajstić information content (AvgIpc) is 3.31. The lowest BCUT2D eigenvalue weighted by atomic mass is 9.30. The first kappa shape index (κ1) is 39.9. The van der Waals surface area contributed by atoms with E-state index in [4.69, 9.17) is 23.7 Å². The van der Waals surface area contributed by atoms with Gasteiger partial charge >= 0.3 is 0 Å². The molecule has 332 valence electrons. The number of para-hydroxylation sites is 2. The molecule has 6 heterocycles. The molecular formula is C61H44B3NO5. The first-order chi connectivity index (χ1) is 34.0. The highest BCUT2D eigenvalue weighted by molar-refractivity contribution is 7.02. The highest BCUT2D eigenvalue weighted by Crippen LogP contribution is 2.45. The van der Waals surface area contributed by atoms with Crippen molar-refractivity contribution in [2.75, 3.05) is 5.32 Å². The summed E-state index contributed by atoms with van der Waals surface area (Å²) in [5.74, 6) is 8.22. The minimum atomic E-state index is -0.220. The van der Waals surface area contributed by atoms with Crippen LogP contribution in [0.25, 0.3) is 22.3 Å². The van der Waals surface area contributed by atoms with Gasteiger partial charge in [-0.05, 0) is 185 Å². The van der Waals surface area contributed by atoms with Crippen molar-refractivity contribution in [3.05, 3.63) is 172 Å². The summed E-state index contributed by atoms with van der Waals surface area (Å²) in [6, 6.07) is 48.4. The number of aryl methyl sites for hydroxylation is 7. The van der Waals surface area contributed by atoms with Crippen LogP contribution in [0.4, 0.5) is 11.4 Å². The fourth-order valence-electron chi connectivity index (χ4n) is 13.2. The molecule has 0 saturated carbocycles. The summed E-state index contributed by atoms with van der Waals surface area (Å²) in [6.45, 7) is 14.8. The van der Waals surface area contributed by atoms with Crippen LogP contribution in [0.5, 0.6) is 57.5 Å². The lowest BCUT2D eigenvalue weighted by Crippen LogP contribution is -2.63. The summed E-state index contributed by atoms with van der Waals surface area (Å²) in [5, 5.41) is 3.96. The molecule has 0 aromatic heterocycles. The molecule has 0 atom stereocenters. The Balaban J connectivity index is 0.963. The zero-order valence-corrected chi connectivity index (χ0v) is 40.0. The number of benzene rings is 9. The van der Waals surface area contributed by atoms with Crippen molar-refractivity contribution in [3.63, 3.8) is 0 Å². The largest absolute Gasteiger partial charge is 0.458 e. The maximum atomic E-state index is 7.27. The molecule has 9 heteroatoms. The maximum absolute atomic E-state index is 7.27. The quantitative estimate of drug-likeness (QED) is 0.175. The Bertz CT molecular complexity index is 3870. The molecule has 0 unspecified atom stereocenters. The molecule has 9 aromatic carbocycles. The molecule has 0 fully saturated rings. The second-order valence-electron chi connectivity index (χ2n) is 20.5. The zero-order valence-electron chi connectivity index (χ0n) is 40.0. The Hall–Kier alpha value is -8.03. The number of fused-ring (bicyclic) bond motifs is 12. The fourth-order valence-corrected chi connectivity index (χ4v) is 13.2. The molecule has 0 saturated heterocycles. The predicted octanol–water partition coefficient (Wildman–Crippen LogP) is 9.31. The van der Waals surface area contributed by atoms with Gasteiger partial charge in [0, 0.05) is 34.4 Å². The van der Waals surface area contributed by atoms with Crippen molar-refractivity contribution in [2.45, 2.75) is 48.5 Å². The minimum absolute atomic E-state index is 0.0881. The van der Waals surface area contributed by atoms with Gasteiger partial charge in [0.2, 0.25) is 0 Å². The van der Waals surface area contributed by atoms with Crippen LogP contribution in [0.1, 0.15) is 38.9 Å². The lowest BCUT2D eigenvalue weighted by Gasteiger charge is -2.38. The van der Waals surface area contributed by atoms with E-state index in [0.717, 1.165) is 129 Å². The summed E-state index contributed by atoms with van der Waals surface area (Å²) in [5.41, 5.74) is 25.1. The SMILES string of the molecule is Cc1cc(C)c(-c2cc3c4c(c2)Oc2ccccc2B4c2cc4c(cc2N3)Oc2cc(-c3c(C)cc(C)cc3C)cc3c2B4c2cc4c(cc2O3)Oc2cc(C)cc3c2B4c2ccccc2O3)c(C)c1. The van der Waals surface area contributed by atoms with Crippen molar-refractivity contribution < 1.29 is 23.7 Å². The van der Waals surface area contributed by atoms with Crippen LogP contribution in [-0.2, 0) is 0 Å². The van der Waals surface area contributed by atoms with Gasteiger partial charge < -0.3 is 29.0 Å². The highest BCUT2D eigenvalue weighted by Gasteiger charge is 2.47. The van der Waals surface area contributed by atoms with Crippen molar-refractivity contribution in [2.24, 2.45) is 0 Å². The summed E-state index contributed by atoms with van der Waals surface area (Å²) in [6.07, 6.45) is 0. The van der Waals surface area contributed by atoms with Gasteiger partial charge in [-0.25, -0.2) is 0 Å². The normalized spacial score (nSPS) is 14.0. The first-order valence-electron chi connectivity index (χ1n) is 24.4. The van der Waals surface area contributed by atoms with Crippen molar-refractivity contribution in [1.29, 1.82) is 0 Å². The maximum Gasteiger partial charge on any atom is 0.260 e. The van der Waals surface area contributed by atoms with Crippen LogP contribution in [-0.4, -0.2) is 20.1 Å². The number of ether oxygens (including phenoxy) is 5. The fraction of sp³-hybridized carbons (Fsp3) is 0.115. The molecule has 70 heavy (non-hydrogen) atoms. The second-order valence-corrected chi connectivity index (χ2v) is 20.5. The van der Waals surface area contributed by atoms with Crippen LogP contribution < -0.4 is 78.2 Å². The van der Waals surface area contributed by atoms with E-state index in [1.807, 2.05) is 6.07 Å². The highest BCUT2D eigenvalue weighted by atomic mass is 16.5. The van der Waals surface area contributed by atoms with Gasteiger partial charge in [0.1, 0.15) is 57.5 Å². The van der Waals surface area contributed by atoms with Gasteiger partial charge in [0.15, 0.2) is 0 Å². The van der Waals surface area contributed by atoms with Crippen molar-refractivity contribution >= 4 is 80.7 Å². The summed E-state index contributed by atoms with van der Waals surface area (Å²) >= 11 is 0. The predicted molar refractivity (Wildman–Crippen MR) is 287 cm³/mol. The molecule has 6 nitrogen and oxygen atoms in total. The standard InChI is InChI=1S/C61H44B3NO5/c1-30-16-33(4)57(34(5)17-30)37-22-46-59-54(23-37)67-47-14-10-8-12-39(47)62(59)41-26-42-49(28-45(41)65-46)68-55-24-38(58-35(6)18-31(2)19-36(58)7)25-56-61(55)64(42)44-27-43-50(29-51(44)70-56)69-53-21-32(3)20-52-60(53)63(43)40-13-9-11-15-48(40)66-52/h8-29,65H,1-7H3. The number of nitrogens with one attached hydrogen (secondary N) is 1. The third kappa shape index (κ3) is 5.54. The van der Waals surface area contributed by atoms with Crippen molar-refractivity contribution in [3.8, 4) is 79.7 Å². The van der Waals surface area contributed by atoms with Gasteiger partial charge in [-0.15, -0.1) is 0 Å². The topological polar surface area (TPSA) is 58.2 Å². The smallest absolute Gasteiger partial charge is 0.260 e. The molecular weight excluding hydrogens is 859 g/mol. The monoisotopic (exact) mass is 903 g/mol. The Morgan fingerprint density at radius 2 is 0.686 bits per heavy atom. The molecule has 0 radical (unpaired) electrons. The number of rotatable bonds is 2. The van der Waals surface area contributed by atoms with Gasteiger partial charge in [0.25, 0.3) is 20.1 Å². The first-order valence-corrected chi connectivity index (χ1v) is 24.4. The zero-order chi connectivity index (χ0) is 47.0. The van der Waals surface area contributed by atoms with Gasteiger partial charge in [0.05, 0.1) is 0 Å². The summed E-state index contributed by atoms with van der Waals surface area (Å²) in [7, 11) is 0. The van der Waals surface area contributed by atoms with E-state index in [2.05, 4.69) is 181 Å². The Morgan fingerprint density at radius 1 is 0.300 bits per heavy atom. The molecule has 0 spiro atoms. The molecule has 0 aliphatic carbocycles. The molecule has 6 aliphatic heterocycles. The van der Waals surface area contributed by atoms with E-state index in [1.165, 1.54) is 50.0 Å². The van der Waals surface area contributed by atoms with Crippen LogP contribution in [0.15, 0.2) is 133 Å². The van der Waals surface area contributed by atoms with Crippen LogP contribution in [0.3, 0.4) is 0 Å². The minimum Gasteiger partial charge on any atom is -0.458 e. The number of hydrogen-bond donors (Lipinski definition) is 1. The molecule has 9 aromatic rings. The lowest BCUT2D eigenvalue weighted by molar-refractivity contribution is 0.451. The molecule has 1 N–H and O–H groups in total. The average molecular weight is 903 g/mol. The van der Waals surface area contributed by atoms with Gasteiger partial charge in [-0.3, -0.25) is 0 Å². The van der Waals surface area contributed by atoms with E-state index in [0.29, 0.717) is 0 Å². The van der Waals surface area contributed by atoms with E-state index in [-0.39, 0.29) is 20.1 Å².